The largest absolute Gasteiger partial charge is 0.508 e. The fourth-order valence-electron chi connectivity index (χ4n) is 2.08. The van der Waals surface area contributed by atoms with Crippen LogP contribution in [0, 0.1) is 0 Å². The minimum Gasteiger partial charge on any atom is -0.508 e. The maximum Gasteiger partial charge on any atom is 0.117 e. The molecule has 0 atom stereocenters. The van der Waals surface area contributed by atoms with Crippen molar-refractivity contribution in [3.05, 3.63) is 72.3 Å². The first kappa shape index (κ1) is 11.5. The number of phenols is 1. The molecule has 1 N–H and O–H groups in total. The summed E-state index contributed by atoms with van der Waals surface area (Å²) in [4.78, 5) is 4.40. The summed E-state index contributed by atoms with van der Waals surface area (Å²) in [7, 11) is 0. The Labute approximate surface area is 111 Å². The molecule has 0 aliphatic carbocycles. The quantitative estimate of drug-likeness (QED) is 0.673. The minimum absolute atomic E-state index is 0.229. The van der Waals surface area contributed by atoms with Gasteiger partial charge < -0.3 is 5.11 Å². The molecule has 3 aromatic rings. The third kappa shape index (κ3) is 2.47. The summed E-state index contributed by atoms with van der Waals surface area (Å²) in [5.74, 6) is 0.229. The van der Waals surface area contributed by atoms with Crippen LogP contribution in [0.1, 0.15) is 5.56 Å². The second-order valence-electron chi connectivity index (χ2n) is 4.35. The van der Waals surface area contributed by atoms with E-state index in [4.69, 9.17) is 0 Å². The summed E-state index contributed by atoms with van der Waals surface area (Å²) >= 11 is 0. The summed E-state index contributed by atoms with van der Waals surface area (Å²) in [5.41, 5.74) is 1.81. The fraction of sp³-hybridized carbons (Fsp3) is 0. The number of nitrogens with zero attached hydrogens (tertiary/aromatic N) is 1. The molecule has 0 spiro atoms. The molecule has 0 aliphatic rings. The fourth-order valence-corrected chi connectivity index (χ4v) is 2.08. The van der Waals surface area contributed by atoms with E-state index in [0.717, 1.165) is 11.3 Å². The molecular weight excluding hydrogens is 234 g/mol. The molecule has 3 rings (SSSR count). The van der Waals surface area contributed by atoms with Crippen LogP contribution < -0.4 is 0 Å². The standard InChI is InChI=1S/C17H13NO/c19-16-9-4-8-15(11-16)18-12-14-7-3-6-13-5-1-2-10-17(13)14/h1-12,19H. The van der Waals surface area contributed by atoms with Gasteiger partial charge in [0.1, 0.15) is 5.75 Å². The molecule has 0 aliphatic heterocycles. The number of rotatable bonds is 2. The molecule has 2 heteroatoms. The van der Waals surface area contributed by atoms with Crippen LogP contribution >= 0.6 is 0 Å². The van der Waals surface area contributed by atoms with Crippen molar-refractivity contribution in [1.82, 2.24) is 0 Å². The number of aliphatic imine (C=N–C) groups is 1. The van der Waals surface area contributed by atoms with Crippen LogP contribution in [0.4, 0.5) is 5.69 Å². The third-order valence-electron chi connectivity index (χ3n) is 3.01. The summed E-state index contributed by atoms with van der Waals surface area (Å²) in [6, 6.07) is 21.3. The number of hydrogen-bond acceptors (Lipinski definition) is 2. The Morgan fingerprint density at radius 1 is 0.842 bits per heavy atom. The zero-order chi connectivity index (χ0) is 13.1. The van der Waals surface area contributed by atoms with Gasteiger partial charge in [-0.3, -0.25) is 4.99 Å². The van der Waals surface area contributed by atoms with Crippen molar-refractivity contribution in [2.45, 2.75) is 0 Å². The van der Waals surface area contributed by atoms with Crippen molar-refractivity contribution in [2.24, 2.45) is 4.99 Å². The van der Waals surface area contributed by atoms with E-state index in [9.17, 15) is 5.11 Å². The van der Waals surface area contributed by atoms with Crippen LogP contribution in [0.15, 0.2) is 71.7 Å². The normalized spacial score (nSPS) is 11.2. The predicted octanol–water partition coefficient (Wildman–Crippen LogP) is 4.30. The van der Waals surface area contributed by atoms with Crippen LogP contribution in [0.5, 0.6) is 5.75 Å². The Kier molecular flexibility index (Phi) is 2.99. The SMILES string of the molecule is Oc1cccc(N=Cc2cccc3ccccc23)c1. The number of fused-ring (bicyclic) bond motifs is 1. The monoisotopic (exact) mass is 247 g/mol. The molecule has 19 heavy (non-hydrogen) atoms. The van der Waals surface area contributed by atoms with E-state index < -0.39 is 0 Å². The van der Waals surface area contributed by atoms with E-state index in [1.807, 2.05) is 36.5 Å². The predicted molar refractivity (Wildman–Crippen MR) is 79.3 cm³/mol. The molecule has 0 aromatic heterocycles. The van der Waals surface area contributed by atoms with Crippen LogP contribution in [0.2, 0.25) is 0 Å². The number of aromatic hydroxyl groups is 1. The highest BCUT2D eigenvalue weighted by Gasteiger charge is 1.97. The van der Waals surface area contributed by atoms with Crippen molar-refractivity contribution < 1.29 is 5.11 Å². The van der Waals surface area contributed by atoms with Crippen molar-refractivity contribution in [2.75, 3.05) is 0 Å². The first-order valence-corrected chi connectivity index (χ1v) is 6.14. The molecular formula is C17H13NO. The molecule has 0 radical (unpaired) electrons. The van der Waals surface area contributed by atoms with E-state index in [2.05, 4.69) is 23.2 Å². The van der Waals surface area contributed by atoms with Crippen molar-refractivity contribution >= 4 is 22.7 Å². The van der Waals surface area contributed by atoms with Gasteiger partial charge in [-0.15, -0.1) is 0 Å². The lowest BCUT2D eigenvalue weighted by Crippen LogP contribution is -1.83. The van der Waals surface area contributed by atoms with E-state index in [-0.39, 0.29) is 5.75 Å². The van der Waals surface area contributed by atoms with Gasteiger partial charge in [-0.05, 0) is 22.9 Å². The van der Waals surface area contributed by atoms with Crippen molar-refractivity contribution in [3.8, 4) is 5.75 Å². The lowest BCUT2D eigenvalue weighted by molar-refractivity contribution is 0.475. The summed E-state index contributed by atoms with van der Waals surface area (Å²) < 4.78 is 0. The van der Waals surface area contributed by atoms with Gasteiger partial charge in [0, 0.05) is 17.8 Å². The molecule has 0 bridgehead atoms. The van der Waals surface area contributed by atoms with Crippen LogP contribution in [0.3, 0.4) is 0 Å². The van der Waals surface area contributed by atoms with Crippen LogP contribution in [-0.2, 0) is 0 Å². The van der Waals surface area contributed by atoms with Gasteiger partial charge in [0.15, 0.2) is 0 Å². The van der Waals surface area contributed by atoms with Gasteiger partial charge >= 0.3 is 0 Å². The smallest absolute Gasteiger partial charge is 0.117 e. The highest BCUT2D eigenvalue weighted by Crippen LogP contribution is 2.20. The maximum atomic E-state index is 9.41. The second kappa shape index (κ2) is 4.94. The van der Waals surface area contributed by atoms with Gasteiger partial charge in [0.05, 0.1) is 5.69 Å². The Hall–Kier alpha value is -2.61. The minimum atomic E-state index is 0.229. The average molecular weight is 247 g/mol. The lowest BCUT2D eigenvalue weighted by atomic mass is 10.1. The van der Waals surface area contributed by atoms with Gasteiger partial charge in [-0.2, -0.15) is 0 Å². The van der Waals surface area contributed by atoms with Gasteiger partial charge in [-0.25, -0.2) is 0 Å². The molecule has 0 saturated carbocycles. The Morgan fingerprint density at radius 2 is 1.63 bits per heavy atom. The highest BCUT2D eigenvalue weighted by molar-refractivity contribution is 6.00. The molecule has 0 unspecified atom stereocenters. The first-order valence-electron chi connectivity index (χ1n) is 6.14. The molecule has 0 heterocycles. The van der Waals surface area contributed by atoms with Gasteiger partial charge in [-0.1, -0.05) is 48.5 Å². The zero-order valence-corrected chi connectivity index (χ0v) is 10.3. The first-order chi connectivity index (χ1) is 9.33. The Morgan fingerprint density at radius 3 is 2.53 bits per heavy atom. The molecule has 0 fully saturated rings. The zero-order valence-electron chi connectivity index (χ0n) is 10.3. The molecule has 0 amide bonds. The molecule has 3 aromatic carbocycles. The van der Waals surface area contributed by atoms with Crippen molar-refractivity contribution in [3.63, 3.8) is 0 Å². The van der Waals surface area contributed by atoms with Gasteiger partial charge in [0.2, 0.25) is 0 Å². The van der Waals surface area contributed by atoms with E-state index >= 15 is 0 Å². The van der Waals surface area contributed by atoms with E-state index in [1.54, 1.807) is 18.2 Å². The van der Waals surface area contributed by atoms with E-state index in [1.165, 1.54) is 10.8 Å². The molecule has 2 nitrogen and oxygen atoms in total. The molecule has 0 saturated heterocycles. The van der Waals surface area contributed by atoms with Crippen LogP contribution in [-0.4, -0.2) is 11.3 Å². The average Bonchev–Trinajstić information content (AvgIpc) is 2.45. The van der Waals surface area contributed by atoms with Gasteiger partial charge in [0.25, 0.3) is 0 Å². The van der Waals surface area contributed by atoms with Crippen molar-refractivity contribution in [1.29, 1.82) is 0 Å². The number of phenolic OH excluding ortho intramolecular Hbond substituents is 1. The summed E-state index contributed by atoms with van der Waals surface area (Å²) in [5, 5.41) is 11.8. The Bertz CT molecular complexity index is 742. The summed E-state index contributed by atoms with van der Waals surface area (Å²) in [6.45, 7) is 0. The maximum absolute atomic E-state index is 9.41. The Balaban J connectivity index is 2.02. The number of benzene rings is 3. The second-order valence-corrected chi connectivity index (χ2v) is 4.35. The topological polar surface area (TPSA) is 32.6 Å². The highest BCUT2D eigenvalue weighted by atomic mass is 16.3. The third-order valence-corrected chi connectivity index (χ3v) is 3.01. The van der Waals surface area contributed by atoms with E-state index in [0.29, 0.717) is 0 Å². The molecule has 92 valence electrons. The lowest BCUT2D eigenvalue weighted by Gasteiger charge is -2.01. The summed E-state index contributed by atoms with van der Waals surface area (Å²) in [6.07, 6.45) is 1.83. The van der Waals surface area contributed by atoms with Crippen LogP contribution in [0.25, 0.3) is 10.8 Å². The number of hydrogen-bond donors (Lipinski definition) is 1.